The monoisotopic (exact) mass is 534 g/mol. The topological polar surface area (TPSA) is 109 Å². The molecule has 2 aromatic rings. The van der Waals surface area contributed by atoms with E-state index in [1.807, 2.05) is 22.5 Å². The Morgan fingerprint density at radius 3 is 2.54 bits per heavy atom. The Kier molecular flexibility index (Phi) is 6.68. The number of carbonyl (C=O) groups is 1. The van der Waals surface area contributed by atoms with Gasteiger partial charge in [-0.25, -0.2) is 4.79 Å². The van der Waals surface area contributed by atoms with Crippen LogP contribution in [0, 0.1) is 11.8 Å². The van der Waals surface area contributed by atoms with Crippen molar-refractivity contribution in [3.05, 3.63) is 11.8 Å². The molecule has 2 N–H and O–H groups in total. The van der Waals surface area contributed by atoms with E-state index in [4.69, 9.17) is 19.4 Å². The number of fused-ring (bicyclic) bond motifs is 3. The Hall–Kier alpha value is -3.10. The molecule has 4 saturated heterocycles. The quantitative estimate of drug-likeness (QED) is 0.518. The van der Waals surface area contributed by atoms with E-state index in [-0.39, 0.29) is 30.3 Å². The van der Waals surface area contributed by atoms with Gasteiger partial charge in [-0.15, -0.1) is 5.92 Å². The standard InChI is InChI=1S/C28H38N8O3/c1-2-3-10-34-16-23(17-34)39-28(37)35-21-6-7-22(35)14-20(13-21)31-27-33-26(30-19-8-11-38-12-9-19)32-25-24(18-4-5-18)15-29-36(25)27/h15,18-23H,4-14,16-17H2,1H3,(H2,30,31,32,33). The maximum atomic E-state index is 13.1. The lowest BCUT2D eigenvalue weighted by atomic mass is 9.98. The lowest BCUT2D eigenvalue weighted by Gasteiger charge is -2.42. The molecule has 2 bridgehead atoms. The molecule has 2 aromatic heterocycles. The first-order valence-corrected chi connectivity index (χ1v) is 14.6. The van der Waals surface area contributed by atoms with Crippen LogP contribution in [0.25, 0.3) is 5.65 Å². The lowest BCUT2D eigenvalue weighted by molar-refractivity contribution is -0.0299. The Morgan fingerprint density at radius 1 is 1.05 bits per heavy atom. The van der Waals surface area contributed by atoms with Crippen molar-refractivity contribution in [1.29, 1.82) is 0 Å². The number of hydrogen-bond donors (Lipinski definition) is 2. The summed E-state index contributed by atoms with van der Waals surface area (Å²) >= 11 is 0. The van der Waals surface area contributed by atoms with Crippen molar-refractivity contribution in [2.45, 2.75) is 94.5 Å². The van der Waals surface area contributed by atoms with Crippen molar-refractivity contribution in [2.75, 3.05) is 43.5 Å². The number of ether oxygens (including phenoxy) is 2. The molecule has 1 aliphatic carbocycles. The van der Waals surface area contributed by atoms with Crippen LogP contribution in [0.3, 0.4) is 0 Å². The highest BCUT2D eigenvalue weighted by Gasteiger charge is 2.45. The van der Waals surface area contributed by atoms with Gasteiger partial charge in [0, 0.05) is 56.0 Å². The third-order valence-electron chi connectivity index (χ3n) is 8.91. The molecule has 0 aromatic carbocycles. The Labute approximate surface area is 229 Å². The van der Waals surface area contributed by atoms with Crippen molar-refractivity contribution < 1.29 is 14.3 Å². The van der Waals surface area contributed by atoms with E-state index in [0.29, 0.717) is 17.9 Å². The fourth-order valence-electron chi connectivity index (χ4n) is 6.66. The molecular weight excluding hydrogens is 496 g/mol. The largest absolute Gasteiger partial charge is 0.443 e. The average molecular weight is 535 g/mol. The first-order chi connectivity index (χ1) is 19.1. The molecule has 2 atom stereocenters. The maximum Gasteiger partial charge on any atom is 0.410 e. The van der Waals surface area contributed by atoms with Crippen LogP contribution in [0.1, 0.15) is 69.8 Å². The molecule has 6 heterocycles. The van der Waals surface area contributed by atoms with E-state index >= 15 is 0 Å². The molecule has 5 fully saturated rings. The Bertz CT molecular complexity index is 1260. The van der Waals surface area contributed by atoms with Crippen molar-refractivity contribution in [1.82, 2.24) is 29.4 Å². The summed E-state index contributed by atoms with van der Waals surface area (Å²) in [7, 11) is 0. The summed E-state index contributed by atoms with van der Waals surface area (Å²) in [5, 5.41) is 12.0. The highest BCUT2D eigenvalue weighted by atomic mass is 16.6. The van der Waals surface area contributed by atoms with Gasteiger partial charge in [0.25, 0.3) is 0 Å². The number of rotatable bonds is 7. The van der Waals surface area contributed by atoms with Gasteiger partial charge in [-0.1, -0.05) is 5.92 Å². The average Bonchev–Trinajstić information content (AvgIpc) is 3.61. The highest BCUT2D eigenvalue weighted by molar-refractivity contribution is 5.69. The van der Waals surface area contributed by atoms with Gasteiger partial charge in [-0.3, -0.25) is 4.90 Å². The van der Waals surface area contributed by atoms with Gasteiger partial charge in [-0.2, -0.15) is 19.6 Å². The van der Waals surface area contributed by atoms with E-state index in [0.717, 1.165) is 83.0 Å². The number of piperidine rings is 1. The predicted molar refractivity (Wildman–Crippen MR) is 146 cm³/mol. The highest BCUT2D eigenvalue weighted by Crippen LogP contribution is 2.42. The molecule has 208 valence electrons. The minimum Gasteiger partial charge on any atom is -0.443 e. The number of hydrogen-bond acceptors (Lipinski definition) is 9. The number of amides is 1. The molecular formula is C28H38N8O3. The summed E-state index contributed by atoms with van der Waals surface area (Å²) < 4.78 is 13.3. The Balaban J connectivity index is 1.03. The summed E-state index contributed by atoms with van der Waals surface area (Å²) in [5.74, 6) is 7.93. The zero-order valence-electron chi connectivity index (χ0n) is 22.6. The van der Waals surface area contributed by atoms with Crippen LogP contribution >= 0.6 is 0 Å². The minimum atomic E-state index is -0.152. The fourth-order valence-corrected chi connectivity index (χ4v) is 6.66. The van der Waals surface area contributed by atoms with Gasteiger partial charge in [0.2, 0.25) is 11.9 Å². The summed E-state index contributed by atoms with van der Waals surface area (Å²) in [5.41, 5.74) is 2.11. The van der Waals surface area contributed by atoms with Crippen LogP contribution in [0.2, 0.25) is 0 Å². The maximum absolute atomic E-state index is 13.1. The zero-order valence-corrected chi connectivity index (χ0v) is 22.6. The summed E-state index contributed by atoms with van der Waals surface area (Å²) in [4.78, 5) is 27.1. The molecule has 4 aliphatic heterocycles. The molecule has 7 rings (SSSR count). The first-order valence-electron chi connectivity index (χ1n) is 14.6. The summed E-state index contributed by atoms with van der Waals surface area (Å²) in [6.45, 7) is 5.67. The van der Waals surface area contributed by atoms with Crippen LogP contribution in [-0.4, -0.2) is 98.6 Å². The predicted octanol–water partition coefficient (Wildman–Crippen LogP) is 2.84. The minimum absolute atomic E-state index is 0.0252. The number of aromatic nitrogens is 4. The van der Waals surface area contributed by atoms with Crippen LogP contribution in [0.5, 0.6) is 0 Å². The van der Waals surface area contributed by atoms with Crippen LogP contribution in [0.15, 0.2) is 6.20 Å². The molecule has 2 unspecified atom stereocenters. The Morgan fingerprint density at radius 2 is 1.82 bits per heavy atom. The van der Waals surface area contributed by atoms with E-state index < -0.39 is 0 Å². The van der Waals surface area contributed by atoms with Gasteiger partial charge in [0.05, 0.1) is 12.7 Å². The van der Waals surface area contributed by atoms with Crippen molar-refractivity contribution in [3.63, 3.8) is 0 Å². The molecule has 11 heteroatoms. The van der Waals surface area contributed by atoms with Gasteiger partial charge in [0.1, 0.15) is 6.10 Å². The summed E-state index contributed by atoms with van der Waals surface area (Å²) in [6, 6.07) is 0.898. The number of anilines is 2. The molecule has 1 saturated carbocycles. The second kappa shape index (κ2) is 10.5. The molecule has 39 heavy (non-hydrogen) atoms. The van der Waals surface area contributed by atoms with E-state index in [9.17, 15) is 4.79 Å². The number of nitrogens with zero attached hydrogens (tertiary/aromatic N) is 6. The van der Waals surface area contributed by atoms with Gasteiger partial charge in [-0.05, 0) is 64.2 Å². The van der Waals surface area contributed by atoms with Crippen molar-refractivity contribution in [3.8, 4) is 11.8 Å². The van der Waals surface area contributed by atoms with E-state index in [1.54, 1.807) is 0 Å². The first kappa shape index (κ1) is 24.9. The van der Waals surface area contributed by atoms with Gasteiger partial charge >= 0.3 is 6.09 Å². The lowest BCUT2D eigenvalue weighted by Crippen LogP contribution is -2.56. The van der Waals surface area contributed by atoms with Gasteiger partial charge in [0.15, 0.2) is 5.65 Å². The van der Waals surface area contributed by atoms with Crippen molar-refractivity contribution >= 4 is 23.6 Å². The van der Waals surface area contributed by atoms with E-state index in [1.165, 1.54) is 18.4 Å². The second-order valence-corrected chi connectivity index (χ2v) is 11.7. The van der Waals surface area contributed by atoms with Gasteiger partial charge < -0.3 is 25.0 Å². The molecule has 11 nitrogen and oxygen atoms in total. The third-order valence-corrected chi connectivity index (χ3v) is 8.91. The molecule has 1 amide bonds. The van der Waals surface area contributed by atoms with Crippen LogP contribution in [-0.2, 0) is 9.47 Å². The second-order valence-electron chi connectivity index (χ2n) is 11.7. The SMILES string of the molecule is CC#CCN1CC(OC(=O)N2C3CCC2CC(Nc2nc(NC4CCOCC4)nc4c(C5CC5)cnn24)C3)C1. The van der Waals surface area contributed by atoms with Crippen LogP contribution < -0.4 is 10.6 Å². The number of carbonyl (C=O) groups excluding carboxylic acids is 1. The fraction of sp³-hybridized carbons (Fsp3) is 0.714. The smallest absolute Gasteiger partial charge is 0.410 e. The molecule has 5 aliphatic rings. The molecule has 0 radical (unpaired) electrons. The third kappa shape index (κ3) is 5.12. The number of likely N-dealkylation sites (tertiary alicyclic amines) is 1. The summed E-state index contributed by atoms with van der Waals surface area (Å²) in [6.07, 6.45) is 9.87. The molecule has 0 spiro atoms. The number of nitrogens with one attached hydrogen (secondary N) is 2. The van der Waals surface area contributed by atoms with E-state index in [2.05, 4.69) is 32.5 Å². The van der Waals surface area contributed by atoms with Crippen LogP contribution in [0.4, 0.5) is 16.7 Å². The normalized spacial score (nSPS) is 27.6. The van der Waals surface area contributed by atoms with Crippen molar-refractivity contribution in [2.24, 2.45) is 0 Å². The zero-order chi connectivity index (χ0) is 26.3.